The fourth-order valence-corrected chi connectivity index (χ4v) is 4.54. The number of thioether (sulfide) groups is 1. The van der Waals surface area contributed by atoms with Gasteiger partial charge in [-0.25, -0.2) is 0 Å². The van der Waals surface area contributed by atoms with E-state index in [4.69, 9.17) is 23.8 Å². The SMILES string of the molecule is Cc1ccc(/C=C2\SC(=S)N(CCCCCC(=O)NNC(=O)c3ccc(Cl)cc3)C2=O)cc1. The summed E-state index contributed by atoms with van der Waals surface area (Å²) in [5.41, 5.74) is 7.32. The molecular weight excluding hydrogens is 478 g/mol. The maximum Gasteiger partial charge on any atom is 0.269 e. The van der Waals surface area contributed by atoms with Gasteiger partial charge in [-0.05, 0) is 55.7 Å². The Morgan fingerprint density at radius 2 is 1.73 bits per heavy atom. The van der Waals surface area contributed by atoms with E-state index in [0.29, 0.717) is 32.8 Å². The van der Waals surface area contributed by atoms with Gasteiger partial charge in [0.05, 0.1) is 4.91 Å². The van der Waals surface area contributed by atoms with E-state index in [2.05, 4.69) is 10.9 Å². The van der Waals surface area contributed by atoms with E-state index in [0.717, 1.165) is 24.0 Å². The van der Waals surface area contributed by atoms with E-state index in [1.807, 2.05) is 37.3 Å². The average Bonchev–Trinajstić information content (AvgIpc) is 3.06. The van der Waals surface area contributed by atoms with E-state index in [1.165, 1.54) is 11.8 Å². The molecule has 0 atom stereocenters. The molecule has 0 unspecified atom stereocenters. The highest BCUT2D eigenvalue weighted by molar-refractivity contribution is 8.26. The number of carbonyl (C=O) groups is 3. The lowest BCUT2D eigenvalue weighted by Crippen LogP contribution is -2.41. The van der Waals surface area contributed by atoms with Gasteiger partial charge in [-0.15, -0.1) is 0 Å². The Labute approximate surface area is 207 Å². The first-order valence-electron chi connectivity index (χ1n) is 10.5. The molecule has 3 amide bonds. The maximum atomic E-state index is 12.7. The standard InChI is InChI=1S/C24H24ClN3O3S2/c1-16-6-8-17(9-7-16)15-20-23(31)28(24(32)33-20)14-4-2-3-5-21(29)26-27-22(30)18-10-12-19(25)13-11-18/h6-13,15H,2-5,14H2,1H3,(H,26,29)(H,27,30)/b20-15-. The number of nitrogens with zero attached hydrogens (tertiary/aromatic N) is 1. The summed E-state index contributed by atoms with van der Waals surface area (Å²) < 4.78 is 0.556. The van der Waals surface area contributed by atoms with Crippen molar-refractivity contribution in [1.29, 1.82) is 0 Å². The number of amides is 3. The molecule has 0 saturated carbocycles. The summed E-state index contributed by atoms with van der Waals surface area (Å²) in [6.45, 7) is 2.54. The molecule has 0 radical (unpaired) electrons. The summed E-state index contributed by atoms with van der Waals surface area (Å²) >= 11 is 12.5. The van der Waals surface area contributed by atoms with Gasteiger partial charge in [-0.2, -0.15) is 0 Å². The number of hydrazine groups is 1. The first-order valence-corrected chi connectivity index (χ1v) is 12.1. The zero-order valence-electron chi connectivity index (χ0n) is 18.1. The summed E-state index contributed by atoms with van der Waals surface area (Å²) in [7, 11) is 0. The molecule has 0 bridgehead atoms. The Hall–Kier alpha value is -2.68. The lowest BCUT2D eigenvalue weighted by Gasteiger charge is -2.14. The number of aryl methyl sites for hydroxylation is 1. The topological polar surface area (TPSA) is 78.5 Å². The van der Waals surface area contributed by atoms with Gasteiger partial charge in [0, 0.05) is 23.6 Å². The van der Waals surface area contributed by atoms with Gasteiger partial charge in [0.2, 0.25) is 5.91 Å². The van der Waals surface area contributed by atoms with Crippen LogP contribution in [-0.4, -0.2) is 33.5 Å². The molecule has 1 saturated heterocycles. The zero-order chi connectivity index (χ0) is 23.8. The van der Waals surface area contributed by atoms with Gasteiger partial charge in [0.15, 0.2) is 0 Å². The third kappa shape index (κ3) is 7.42. The number of thiocarbonyl (C=S) groups is 1. The van der Waals surface area contributed by atoms with Gasteiger partial charge in [0.1, 0.15) is 4.32 Å². The predicted octanol–water partition coefficient (Wildman–Crippen LogP) is 4.87. The number of nitrogens with one attached hydrogen (secondary N) is 2. The number of carbonyl (C=O) groups excluding carboxylic acids is 3. The second-order valence-corrected chi connectivity index (χ2v) is 9.68. The first kappa shape index (κ1) is 25.0. The molecule has 6 nitrogen and oxygen atoms in total. The molecule has 1 fully saturated rings. The molecule has 0 aromatic heterocycles. The normalized spacial score (nSPS) is 14.6. The number of rotatable bonds is 8. The molecule has 172 valence electrons. The van der Waals surface area contributed by atoms with Crippen molar-refractivity contribution in [1.82, 2.24) is 15.8 Å². The molecule has 9 heteroatoms. The Bertz CT molecular complexity index is 1070. The van der Waals surface area contributed by atoms with Crippen LogP contribution in [-0.2, 0) is 9.59 Å². The van der Waals surface area contributed by atoms with Crippen LogP contribution in [0.2, 0.25) is 5.02 Å². The predicted molar refractivity (Wildman–Crippen MR) is 137 cm³/mol. The number of unbranched alkanes of at least 4 members (excludes halogenated alkanes) is 2. The second-order valence-electron chi connectivity index (χ2n) is 7.56. The fourth-order valence-electron chi connectivity index (χ4n) is 3.10. The van der Waals surface area contributed by atoms with Crippen molar-refractivity contribution < 1.29 is 14.4 Å². The Balaban J connectivity index is 1.35. The van der Waals surface area contributed by atoms with Crippen molar-refractivity contribution in [2.75, 3.05) is 6.54 Å². The Morgan fingerprint density at radius 3 is 2.42 bits per heavy atom. The number of hydrogen-bond donors (Lipinski definition) is 2. The number of benzene rings is 2. The monoisotopic (exact) mass is 501 g/mol. The van der Waals surface area contributed by atoms with Crippen LogP contribution >= 0.6 is 35.6 Å². The highest BCUT2D eigenvalue weighted by Crippen LogP contribution is 2.32. The molecule has 0 aliphatic carbocycles. The minimum atomic E-state index is -0.409. The molecule has 1 aliphatic rings. The summed E-state index contributed by atoms with van der Waals surface area (Å²) in [6, 6.07) is 14.3. The molecule has 2 aromatic carbocycles. The van der Waals surface area contributed by atoms with Crippen LogP contribution in [0.15, 0.2) is 53.4 Å². The first-order chi connectivity index (χ1) is 15.8. The summed E-state index contributed by atoms with van der Waals surface area (Å²) in [4.78, 5) is 38.9. The van der Waals surface area contributed by atoms with Crippen molar-refractivity contribution in [3.8, 4) is 0 Å². The Morgan fingerprint density at radius 1 is 1.03 bits per heavy atom. The van der Waals surface area contributed by atoms with Crippen molar-refractivity contribution in [2.24, 2.45) is 0 Å². The lowest BCUT2D eigenvalue weighted by atomic mass is 10.1. The average molecular weight is 502 g/mol. The summed E-state index contributed by atoms with van der Waals surface area (Å²) in [5, 5.41) is 0.532. The number of halogens is 1. The molecule has 2 aromatic rings. The van der Waals surface area contributed by atoms with Crippen molar-refractivity contribution in [3.63, 3.8) is 0 Å². The van der Waals surface area contributed by atoms with Crippen LogP contribution in [0.3, 0.4) is 0 Å². The smallest absolute Gasteiger partial charge is 0.269 e. The fraction of sp³-hybridized carbons (Fsp3) is 0.250. The third-order valence-electron chi connectivity index (χ3n) is 4.96. The van der Waals surface area contributed by atoms with Crippen molar-refractivity contribution in [3.05, 3.63) is 75.1 Å². The molecule has 1 heterocycles. The van der Waals surface area contributed by atoms with Crippen LogP contribution < -0.4 is 10.9 Å². The summed E-state index contributed by atoms with van der Waals surface area (Å²) in [5.74, 6) is -0.759. The van der Waals surface area contributed by atoms with E-state index in [-0.39, 0.29) is 18.2 Å². The lowest BCUT2D eigenvalue weighted by molar-refractivity contribution is -0.123. The van der Waals surface area contributed by atoms with Crippen molar-refractivity contribution >= 4 is 63.7 Å². The Kier molecular flexibility index (Phi) is 9.05. The van der Waals surface area contributed by atoms with Crippen LogP contribution in [0, 0.1) is 6.92 Å². The maximum absolute atomic E-state index is 12.7. The molecular formula is C24H24ClN3O3S2. The van der Waals surface area contributed by atoms with E-state index < -0.39 is 5.91 Å². The summed E-state index contributed by atoms with van der Waals surface area (Å²) in [6.07, 6.45) is 4.26. The van der Waals surface area contributed by atoms with E-state index in [1.54, 1.807) is 29.2 Å². The van der Waals surface area contributed by atoms with E-state index in [9.17, 15) is 14.4 Å². The second kappa shape index (κ2) is 12.0. The highest BCUT2D eigenvalue weighted by Gasteiger charge is 2.31. The number of hydrogen-bond acceptors (Lipinski definition) is 5. The van der Waals surface area contributed by atoms with E-state index >= 15 is 0 Å². The van der Waals surface area contributed by atoms with Gasteiger partial charge < -0.3 is 0 Å². The van der Waals surface area contributed by atoms with Crippen LogP contribution in [0.5, 0.6) is 0 Å². The molecule has 0 spiro atoms. The van der Waals surface area contributed by atoms with Gasteiger partial charge >= 0.3 is 0 Å². The van der Waals surface area contributed by atoms with Gasteiger partial charge in [0.25, 0.3) is 11.8 Å². The van der Waals surface area contributed by atoms with Crippen LogP contribution in [0.25, 0.3) is 6.08 Å². The minimum absolute atomic E-state index is 0.0757. The third-order valence-corrected chi connectivity index (χ3v) is 6.59. The zero-order valence-corrected chi connectivity index (χ0v) is 20.5. The van der Waals surface area contributed by atoms with Crippen LogP contribution in [0.1, 0.15) is 47.2 Å². The molecule has 1 aliphatic heterocycles. The quantitative estimate of drug-likeness (QED) is 0.233. The molecule has 3 rings (SSSR count). The molecule has 33 heavy (non-hydrogen) atoms. The largest absolute Gasteiger partial charge is 0.293 e. The highest BCUT2D eigenvalue weighted by atomic mass is 35.5. The van der Waals surface area contributed by atoms with Gasteiger partial charge in [-0.3, -0.25) is 30.1 Å². The van der Waals surface area contributed by atoms with Gasteiger partial charge in [-0.1, -0.05) is 71.8 Å². The van der Waals surface area contributed by atoms with Crippen LogP contribution in [0.4, 0.5) is 0 Å². The molecule has 2 N–H and O–H groups in total. The minimum Gasteiger partial charge on any atom is -0.293 e. The van der Waals surface area contributed by atoms with Crippen molar-refractivity contribution in [2.45, 2.75) is 32.6 Å².